The van der Waals surface area contributed by atoms with Crippen LogP contribution in [0, 0.1) is 0 Å². The first-order valence-corrected chi connectivity index (χ1v) is 9.49. The fraction of sp³-hybridized carbons (Fsp3) is 0.474. The van der Waals surface area contributed by atoms with Crippen molar-refractivity contribution in [3.05, 3.63) is 24.3 Å². The van der Waals surface area contributed by atoms with Gasteiger partial charge in [0.1, 0.15) is 17.3 Å². The van der Waals surface area contributed by atoms with Gasteiger partial charge in [-0.1, -0.05) is 25.0 Å². The zero-order valence-corrected chi connectivity index (χ0v) is 16.4. The smallest absolute Gasteiger partial charge is 0.325 e. The molecule has 2 aliphatic rings. The molecule has 3 rings (SSSR count). The van der Waals surface area contributed by atoms with Crippen molar-refractivity contribution in [1.82, 2.24) is 21.1 Å². The van der Waals surface area contributed by atoms with Gasteiger partial charge in [-0.3, -0.25) is 25.2 Å². The predicted molar refractivity (Wildman–Crippen MR) is 104 cm³/mol. The van der Waals surface area contributed by atoms with Gasteiger partial charge in [0, 0.05) is 0 Å². The van der Waals surface area contributed by atoms with E-state index >= 15 is 0 Å². The molecule has 5 amide bonds. The van der Waals surface area contributed by atoms with Gasteiger partial charge in [-0.25, -0.2) is 9.69 Å². The first kappa shape index (κ1) is 20.4. The second-order valence-corrected chi connectivity index (χ2v) is 7.16. The summed E-state index contributed by atoms with van der Waals surface area (Å²) < 4.78 is 5.18. The molecule has 0 radical (unpaired) electrons. The van der Waals surface area contributed by atoms with Crippen molar-refractivity contribution in [1.29, 1.82) is 0 Å². The van der Waals surface area contributed by atoms with Crippen LogP contribution in [0.3, 0.4) is 0 Å². The van der Waals surface area contributed by atoms with Gasteiger partial charge in [-0.15, -0.1) is 0 Å². The minimum absolute atomic E-state index is 0.110. The summed E-state index contributed by atoms with van der Waals surface area (Å²) in [7, 11) is 1.52. The molecule has 29 heavy (non-hydrogen) atoms. The number of imide groups is 1. The second kappa shape index (κ2) is 8.38. The van der Waals surface area contributed by atoms with Crippen LogP contribution in [-0.2, 0) is 14.4 Å². The first-order chi connectivity index (χ1) is 13.9. The fourth-order valence-electron chi connectivity index (χ4n) is 3.67. The van der Waals surface area contributed by atoms with E-state index in [0.717, 1.165) is 17.7 Å². The molecule has 156 valence electrons. The molecule has 1 saturated heterocycles. The van der Waals surface area contributed by atoms with E-state index in [-0.39, 0.29) is 12.5 Å². The number of hydrogen-bond acceptors (Lipinski definition) is 6. The SMILES string of the molecule is COc1ccccc1NCC(=O)NNC(=O)C(C)N1C(=O)NC2(CCCC2)C1=O. The van der Waals surface area contributed by atoms with Crippen LogP contribution in [0.25, 0.3) is 0 Å². The Morgan fingerprint density at radius 2 is 1.90 bits per heavy atom. The number of carbonyl (C=O) groups excluding carboxylic acids is 4. The van der Waals surface area contributed by atoms with Gasteiger partial charge < -0.3 is 15.4 Å². The second-order valence-electron chi connectivity index (χ2n) is 7.16. The number of carbonyl (C=O) groups is 4. The van der Waals surface area contributed by atoms with Crippen LogP contribution < -0.4 is 26.2 Å². The molecule has 1 unspecified atom stereocenters. The molecule has 1 aliphatic carbocycles. The third kappa shape index (κ3) is 4.10. The summed E-state index contributed by atoms with van der Waals surface area (Å²) in [6, 6.07) is 5.47. The Bertz CT molecular complexity index is 821. The van der Waals surface area contributed by atoms with Gasteiger partial charge in [0.15, 0.2) is 0 Å². The van der Waals surface area contributed by atoms with Crippen molar-refractivity contribution in [2.75, 3.05) is 19.0 Å². The lowest BCUT2D eigenvalue weighted by atomic mass is 9.97. The van der Waals surface area contributed by atoms with Crippen LogP contribution in [0.1, 0.15) is 32.6 Å². The molecule has 10 nitrogen and oxygen atoms in total. The standard InChI is InChI=1S/C19H25N5O5/c1-12(24-17(27)19(21-18(24)28)9-5-6-10-19)16(26)23-22-15(25)11-20-13-7-3-4-8-14(13)29-2/h3-4,7-8,12,20H,5-6,9-11H2,1-2H3,(H,21,28)(H,22,25)(H,23,26). The summed E-state index contributed by atoms with van der Waals surface area (Å²) in [4.78, 5) is 50.3. The summed E-state index contributed by atoms with van der Waals surface area (Å²) in [6.07, 6.45) is 2.87. The molecule has 1 saturated carbocycles. The maximum absolute atomic E-state index is 12.7. The van der Waals surface area contributed by atoms with Crippen molar-refractivity contribution >= 4 is 29.4 Å². The Kier molecular flexibility index (Phi) is 5.90. The van der Waals surface area contributed by atoms with E-state index in [1.807, 2.05) is 0 Å². The normalized spacial score (nSPS) is 18.3. The van der Waals surface area contributed by atoms with Gasteiger partial charge >= 0.3 is 6.03 Å². The van der Waals surface area contributed by atoms with E-state index in [0.29, 0.717) is 24.3 Å². The van der Waals surface area contributed by atoms with Crippen LogP contribution in [0.2, 0.25) is 0 Å². The van der Waals surface area contributed by atoms with E-state index in [1.54, 1.807) is 24.3 Å². The molecule has 10 heteroatoms. The molecule has 4 N–H and O–H groups in total. The third-order valence-corrected chi connectivity index (χ3v) is 5.29. The summed E-state index contributed by atoms with van der Waals surface area (Å²) >= 11 is 0. The molecule has 1 aromatic carbocycles. The maximum atomic E-state index is 12.7. The van der Waals surface area contributed by atoms with Crippen molar-refractivity contribution in [2.45, 2.75) is 44.2 Å². The molecular weight excluding hydrogens is 378 g/mol. The van der Waals surface area contributed by atoms with Crippen molar-refractivity contribution in [3.8, 4) is 5.75 Å². The number of hydrogen-bond donors (Lipinski definition) is 4. The molecule has 1 spiro atoms. The van der Waals surface area contributed by atoms with Crippen LogP contribution in [0.4, 0.5) is 10.5 Å². The number of methoxy groups -OCH3 is 1. The summed E-state index contributed by atoms with van der Waals surface area (Å²) in [5.74, 6) is -0.959. The molecule has 0 bridgehead atoms. The Labute approximate surface area is 168 Å². The Morgan fingerprint density at radius 1 is 1.21 bits per heavy atom. The minimum Gasteiger partial charge on any atom is -0.495 e. The average molecular weight is 403 g/mol. The number of nitrogens with one attached hydrogen (secondary N) is 4. The average Bonchev–Trinajstić information content (AvgIpc) is 3.28. The highest BCUT2D eigenvalue weighted by Gasteiger charge is 2.54. The van der Waals surface area contributed by atoms with Crippen LogP contribution in [0.5, 0.6) is 5.75 Å². The highest BCUT2D eigenvalue weighted by atomic mass is 16.5. The maximum Gasteiger partial charge on any atom is 0.325 e. The van der Waals surface area contributed by atoms with E-state index in [9.17, 15) is 19.2 Å². The van der Waals surface area contributed by atoms with Gasteiger partial charge in [-0.2, -0.15) is 0 Å². The number of anilines is 1. The number of urea groups is 1. The number of amides is 5. The zero-order chi connectivity index (χ0) is 21.0. The largest absolute Gasteiger partial charge is 0.495 e. The summed E-state index contributed by atoms with van der Waals surface area (Å²) in [6.45, 7) is 1.33. The number of nitrogens with zero attached hydrogens (tertiary/aromatic N) is 1. The lowest BCUT2D eigenvalue weighted by molar-refractivity contribution is -0.138. The first-order valence-electron chi connectivity index (χ1n) is 9.49. The van der Waals surface area contributed by atoms with E-state index < -0.39 is 29.4 Å². The topological polar surface area (TPSA) is 129 Å². The van der Waals surface area contributed by atoms with E-state index in [1.165, 1.54) is 14.0 Å². The zero-order valence-electron chi connectivity index (χ0n) is 16.4. The number of benzene rings is 1. The predicted octanol–water partition coefficient (Wildman–Crippen LogP) is 0.508. The molecule has 0 aromatic heterocycles. The molecule has 1 aromatic rings. The molecule has 1 atom stereocenters. The molecule has 2 fully saturated rings. The van der Waals surface area contributed by atoms with Crippen molar-refractivity contribution < 1.29 is 23.9 Å². The third-order valence-electron chi connectivity index (χ3n) is 5.29. The molecule has 1 heterocycles. The number of ether oxygens (including phenoxy) is 1. The highest BCUT2D eigenvalue weighted by Crippen LogP contribution is 2.35. The molecular formula is C19H25N5O5. The lowest BCUT2D eigenvalue weighted by Crippen LogP contribution is -2.54. The van der Waals surface area contributed by atoms with Crippen LogP contribution in [0.15, 0.2) is 24.3 Å². The van der Waals surface area contributed by atoms with Crippen molar-refractivity contribution in [2.24, 2.45) is 0 Å². The number of para-hydroxylation sites is 2. The van der Waals surface area contributed by atoms with Crippen LogP contribution >= 0.6 is 0 Å². The van der Waals surface area contributed by atoms with Gasteiger partial charge in [0.2, 0.25) is 0 Å². The molecule has 1 aliphatic heterocycles. The Morgan fingerprint density at radius 3 is 2.59 bits per heavy atom. The number of hydrazine groups is 1. The van der Waals surface area contributed by atoms with Gasteiger partial charge in [0.05, 0.1) is 19.3 Å². The Balaban J connectivity index is 1.50. The Hall–Kier alpha value is -3.30. The fourth-order valence-corrected chi connectivity index (χ4v) is 3.67. The highest BCUT2D eigenvalue weighted by molar-refractivity contribution is 6.10. The summed E-state index contributed by atoms with van der Waals surface area (Å²) in [5.41, 5.74) is 4.28. The minimum atomic E-state index is -1.05. The quantitative estimate of drug-likeness (QED) is 0.405. The monoisotopic (exact) mass is 403 g/mol. The van der Waals surface area contributed by atoms with Gasteiger partial charge in [-0.05, 0) is 31.9 Å². The van der Waals surface area contributed by atoms with Gasteiger partial charge in [0.25, 0.3) is 17.7 Å². The number of rotatable bonds is 6. The van der Waals surface area contributed by atoms with Crippen LogP contribution in [-0.4, -0.2) is 53.9 Å². The van der Waals surface area contributed by atoms with E-state index in [2.05, 4.69) is 21.5 Å². The summed E-state index contributed by atoms with van der Waals surface area (Å²) in [5, 5.41) is 5.63. The van der Waals surface area contributed by atoms with E-state index in [4.69, 9.17) is 4.74 Å². The van der Waals surface area contributed by atoms with Crippen molar-refractivity contribution in [3.63, 3.8) is 0 Å². The lowest BCUT2D eigenvalue weighted by Gasteiger charge is -2.23.